The van der Waals surface area contributed by atoms with Gasteiger partial charge in [-0.2, -0.15) is 0 Å². The molecule has 0 aliphatic carbocycles. The van der Waals surface area contributed by atoms with Crippen LogP contribution in [-0.2, 0) is 4.79 Å². The zero-order valence-corrected chi connectivity index (χ0v) is 10.6. The minimum atomic E-state index is -0.922. The Labute approximate surface area is 108 Å². The Bertz CT molecular complexity index is 340. The first-order chi connectivity index (χ1) is 8.63. The van der Waals surface area contributed by atoms with E-state index < -0.39 is 5.97 Å². The van der Waals surface area contributed by atoms with Crippen LogP contribution < -0.4 is 5.73 Å². The number of carbonyl (C=O) groups is 1. The van der Waals surface area contributed by atoms with Crippen molar-refractivity contribution in [3.63, 3.8) is 0 Å². The number of benzene rings is 1. The number of hydrogen-bond donors (Lipinski definition) is 3. The molecule has 1 atom stereocenters. The fourth-order valence-electron chi connectivity index (χ4n) is 1.10. The molecule has 4 heteroatoms. The average molecular weight is 251 g/mol. The van der Waals surface area contributed by atoms with Gasteiger partial charge in [-0.25, -0.2) is 4.79 Å². The Morgan fingerprint density at radius 2 is 2.00 bits per heavy atom. The molecule has 1 unspecified atom stereocenters. The van der Waals surface area contributed by atoms with E-state index in [9.17, 15) is 4.79 Å². The minimum Gasteiger partial charge on any atom is -0.478 e. The first-order valence-corrected chi connectivity index (χ1v) is 5.91. The molecule has 1 aromatic carbocycles. The molecule has 4 N–H and O–H groups in total. The predicted octanol–water partition coefficient (Wildman–Crippen LogP) is 1.75. The molecule has 0 aliphatic heterocycles. The van der Waals surface area contributed by atoms with Gasteiger partial charge in [-0.1, -0.05) is 37.3 Å². The Morgan fingerprint density at radius 1 is 1.39 bits per heavy atom. The lowest BCUT2D eigenvalue weighted by atomic mass is 10.1. The lowest BCUT2D eigenvalue weighted by Gasteiger charge is -2.04. The van der Waals surface area contributed by atoms with Crippen LogP contribution in [0.4, 0.5) is 0 Å². The summed E-state index contributed by atoms with van der Waals surface area (Å²) in [5, 5.41) is 16.7. The molecule has 0 radical (unpaired) electrons. The number of carboxylic acid groups (broad SMARTS) is 1. The maximum absolute atomic E-state index is 10.1. The summed E-state index contributed by atoms with van der Waals surface area (Å²) in [5.41, 5.74) is 6.13. The molecule has 0 heterocycles. The molecule has 0 aromatic heterocycles. The molecule has 0 spiro atoms. The first kappa shape index (κ1) is 16.4. The third-order valence-electron chi connectivity index (χ3n) is 2.39. The van der Waals surface area contributed by atoms with Crippen LogP contribution >= 0.6 is 0 Å². The average Bonchev–Trinajstić information content (AvgIpc) is 2.40. The van der Waals surface area contributed by atoms with Crippen LogP contribution in [0.3, 0.4) is 0 Å². The van der Waals surface area contributed by atoms with Crippen LogP contribution in [0.5, 0.6) is 0 Å². The van der Waals surface area contributed by atoms with Gasteiger partial charge in [0.05, 0.1) is 0 Å². The Morgan fingerprint density at radius 3 is 2.33 bits per heavy atom. The van der Waals surface area contributed by atoms with E-state index in [2.05, 4.69) is 0 Å². The summed E-state index contributed by atoms with van der Waals surface area (Å²) in [4.78, 5) is 10.1. The first-order valence-electron chi connectivity index (χ1n) is 5.91. The highest BCUT2D eigenvalue weighted by Gasteiger charge is 1.97. The second-order valence-corrected chi connectivity index (χ2v) is 3.77. The van der Waals surface area contributed by atoms with E-state index in [0.717, 1.165) is 18.1 Å². The molecule has 0 fully saturated rings. The Hall–Kier alpha value is -1.65. The maximum atomic E-state index is 10.1. The van der Waals surface area contributed by atoms with Crippen molar-refractivity contribution in [2.24, 2.45) is 11.7 Å². The van der Waals surface area contributed by atoms with Gasteiger partial charge in [-0.15, -0.1) is 0 Å². The van der Waals surface area contributed by atoms with Crippen LogP contribution in [0.25, 0.3) is 6.08 Å². The van der Waals surface area contributed by atoms with Crippen molar-refractivity contribution in [2.45, 2.75) is 13.3 Å². The van der Waals surface area contributed by atoms with Gasteiger partial charge in [0, 0.05) is 12.7 Å². The summed E-state index contributed by atoms with van der Waals surface area (Å²) in [6, 6.07) is 9.31. The lowest BCUT2D eigenvalue weighted by Crippen LogP contribution is -2.16. The van der Waals surface area contributed by atoms with Gasteiger partial charge < -0.3 is 15.9 Å². The summed E-state index contributed by atoms with van der Waals surface area (Å²) < 4.78 is 0. The number of rotatable bonds is 5. The van der Waals surface area contributed by atoms with Gasteiger partial charge in [0.1, 0.15) is 0 Å². The van der Waals surface area contributed by atoms with Crippen LogP contribution in [0, 0.1) is 5.92 Å². The summed E-state index contributed by atoms with van der Waals surface area (Å²) in [7, 11) is 0. The van der Waals surface area contributed by atoms with Crippen molar-refractivity contribution in [3.8, 4) is 0 Å². The minimum absolute atomic E-state index is 0.229. The third-order valence-corrected chi connectivity index (χ3v) is 2.39. The van der Waals surface area contributed by atoms with Crippen molar-refractivity contribution in [1.29, 1.82) is 0 Å². The molecule has 100 valence electrons. The van der Waals surface area contributed by atoms with E-state index >= 15 is 0 Å². The summed E-state index contributed by atoms with van der Waals surface area (Å²) in [5.74, 6) is -0.603. The molecule has 0 bridgehead atoms. The second-order valence-electron chi connectivity index (χ2n) is 3.77. The van der Waals surface area contributed by atoms with Crippen LogP contribution in [0.15, 0.2) is 36.4 Å². The zero-order chi connectivity index (χ0) is 13.8. The highest BCUT2D eigenvalue weighted by molar-refractivity contribution is 5.85. The fourth-order valence-corrected chi connectivity index (χ4v) is 1.10. The maximum Gasteiger partial charge on any atom is 0.328 e. The topological polar surface area (TPSA) is 83.5 Å². The summed E-state index contributed by atoms with van der Waals surface area (Å²) >= 11 is 0. The third kappa shape index (κ3) is 8.50. The molecule has 0 amide bonds. The normalized spacial score (nSPS) is 11.7. The van der Waals surface area contributed by atoms with Crippen LogP contribution in [-0.4, -0.2) is 29.3 Å². The number of aliphatic hydroxyl groups is 1. The number of carboxylic acids is 1. The highest BCUT2D eigenvalue weighted by atomic mass is 16.4. The van der Waals surface area contributed by atoms with Gasteiger partial charge in [-0.05, 0) is 30.5 Å². The second kappa shape index (κ2) is 10.5. The van der Waals surface area contributed by atoms with E-state index in [1.54, 1.807) is 6.08 Å². The molecule has 18 heavy (non-hydrogen) atoms. The van der Waals surface area contributed by atoms with Gasteiger partial charge >= 0.3 is 5.97 Å². The van der Waals surface area contributed by atoms with Crippen molar-refractivity contribution < 1.29 is 15.0 Å². The highest BCUT2D eigenvalue weighted by Crippen LogP contribution is 1.99. The standard InChI is InChI=1S/C9H8O2.C5H13NO/c10-9(11)7-6-8-4-2-1-3-5-8;1-2-5(3-6)4-7/h1-7H,(H,10,11);5,7H,2-4,6H2,1H3. The van der Waals surface area contributed by atoms with E-state index in [0.29, 0.717) is 12.5 Å². The van der Waals surface area contributed by atoms with Crippen LogP contribution in [0.2, 0.25) is 0 Å². The van der Waals surface area contributed by atoms with Crippen molar-refractivity contribution in [3.05, 3.63) is 42.0 Å². The molecular formula is C14H21NO3. The summed E-state index contributed by atoms with van der Waals surface area (Å²) in [6.45, 7) is 2.85. The molecule has 1 aromatic rings. The molecule has 1 rings (SSSR count). The largest absolute Gasteiger partial charge is 0.478 e. The number of aliphatic carboxylic acids is 1. The molecular weight excluding hydrogens is 230 g/mol. The SMILES string of the molecule is CCC(CN)CO.O=C(O)C=Cc1ccccc1. The van der Waals surface area contributed by atoms with Crippen molar-refractivity contribution in [2.75, 3.05) is 13.2 Å². The Kier molecular flexibility index (Phi) is 9.54. The number of hydrogen-bond acceptors (Lipinski definition) is 3. The van der Waals surface area contributed by atoms with E-state index in [4.69, 9.17) is 15.9 Å². The monoisotopic (exact) mass is 251 g/mol. The van der Waals surface area contributed by atoms with E-state index in [-0.39, 0.29) is 6.61 Å². The zero-order valence-electron chi connectivity index (χ0n) is 10.6. The van der Waals surface area contributed by atoms with E-state index in [1.165, 1.54) is 0 Å². The smallest absolute Gasteiger partial charge is 0.328 e. The number of nitrogens with two attached hydrogens (primary N) is 1. The summed E-state index contributed by atoms with van der Waals surface area (Å²) in [6.07, 6.45) is 3.66. The fraction of sp³-hybridized carbons (Fsp3) is 0.357. The lowest BCUT2D eigenvalue weighted by molar-refractivity contribution is -0.131. The number of aliphatic hydroxyl groups excluding tert-OH is 1. The van der Waals surface area contributed by atoms with Gasteiger partial charge in [0.2, 0.25) is 0 Å². The van der Waals surface area contributed by atoms with E-state index in [1.807, 2.05) is 37.3 Å². The molecule has 0 saturated heterocycles. The molecule has 4 nitrogen and oxygen atoms in total. The molecule has 0 saturated carbocycles. The van der Waals surface area contributed by atoms with Gasteiger partial charge in [0.25, 0.3) is 0 Å². The van der Waals surface area contributed by atoms with Gasteiger partial charge in [-0.3, -0.25) is 0 Å². The molecule has 0 aliphatic rings. The van der Waals surface area contributed by atoms with Gasteiger partial charge in [0.15, 0.2) is 0 Å². The predicted molar refractivity (Wildman–Crippen MR) is 73.0 cm³/mol. The quantitative estimate of drug-likeness (QED) is 0.696. The Balaban J connectivity index is 0.000000360. The van der Waals surface area contributed by atoms with Crippen molar-refractivity contribution >= 4 is 12.0 Å². The van der Waals surface area contributed by atoms with Crippen LogP contribution in [0.1, 0.15) is 18.9 Å². The van der Waals surface area contributed by atoms with Crippen molar-refractivity contribution in [1.82, 2.24) is 0 Å².